The quantitative estimate of drug-likeness (QED) is 0.249. The van der Waals surface area contributed by atoms with E-state index in [0.717, 1.165) is 16.7 Å². The lowest BCUT2D eigenvalue weighted by Gasteiger charge is -2.04. The summed E-state index contributed by atoms with van der Waals surface area (Å²) < 4.78 is 0. The summed E-state index contributed by atoms with van der Waals surface area (Å²) in [5.41, 5.74) is 5.79. The van der Waals surface area contributed by atoms with Crippen molar-refractivity contribution < 1.29 is 10.2 Å². The van der Waals surface area contributed by atoms with Gasteiger partial charge < -0.3 is 15.2 Å². The molecule has 0 aliphatic rings. The van der Waals surface area contributed by atoms with E-state index in [0.29, 0.717) is 17.2 Å². The number of phenols is 2. The molecule has 1 aromatic heterocycles. The molecule has 0 amide bonds. The summed E-state index contributed by atoms with van der Waals surface area (Å²) in [6.07, 6.45) is 1.44. The number of benzene rings is 3. The molecule has 4 N–H and O–H groups in total. The highest BCUT2D eigenvalue weighted by atomic mass is 16.3. The number of aromatic hydroxyl groups is 2. The zero-order chi connectivity index (χ0) is 19.3. The van der Waals surface area contributed by atoms with E-state index >= 15 is 0 Å². The van der Waals surface area contributed by atoms with Crippen molar-refractivity contribution in [2.24, 2.45) is 10.1 Å². The highest BCUT2D eigenvalue weighted by Gasteiger charge is 2.09. The van der Waals surface area contributed by atoms with Crippen LogP contribution in [0.5, 0.6) is 11.5 Å². The van der Waals surface area contributed by atoms with Crippen molar-refractivity contribution in [2.75, 3.05) is 0 Å². The number of nitrogens with zero attached hydrogens (tertiary/aromatic N) is 3. The van der Waals surface area contributed by atoms with Crippen LogP contribution in [0.2, 0.25) is 0 Å². The van der Waals surface area contributed by atoms with Crippen LogP contribution in [0.25, 0.3) is 11.0 Å². The Labute approximate surface area is 160 Å². The Balaban J connectivity index is 1.67. The fourth-order valence-electron chi connectivity index (χ4n) is 2.63. The number of H-pyrrole nitrogens is 1. The van der Waals surface area contributed by atoms with Gasteiger partial charge in [0.25, 0.3) is 0 Å². The number of aromatic amines is 1. The first-order valence-corrected chi connectivity index (χ1v) is 8.59. The first-order chi connectivity index (χ1) is 13.7. The van der Waals surface area contributed by atoms with E-state index in [9.17, 15) is 10.2 Å². The number of aliphatic imine (C=N–C) groups is 1. The number of phenolic OH excluding ortho intramolecular Hbond substituents is 2. The Morgan fingerprint density at radius 3 is 2.54 bits per heavy atom. The van der Waals surface area contributed by atoms with Crippen LogP contribution in [0.4, 0.5) is 5.69 Å². The van der Waals surface area contributed by atoms with Crippen LogP contribution in [0, 0.1) is 0 Å². The molecule has 0 saturated carbocycles. The predicted molar refractivity (Wildman–Crippen MR) is 109 cm³/mol. The number of imidazole rings is 1. The molecular weight excluding hydrogens is 354 g/mol. The van der Waals surface area contributed by atoms with E-state index in [4.69, 9.17) is 0 Å². The molecular formula is C21H17N5O2. The summed E-state index contributed by atoms with van der Waals surface area (Å²) in [4.78, 5) is 12.4. The van der Waals surface area contributed by atoms with Crippen molar-refractivity contribution in [1.29, 1.82) is 0 Å². The number of nitrogens with one attached hydrogen (secondary N) is 2. The molecule has 0 fully saturated rings. The normalized spacial score (nSPS) is 11.9. The SMILES string of the molecule is Oc1ccc(/C=N/NC(=Nc2ccccc2)c2nc3ccccc3[nH]2)c(O)c1. The molecule has 0 atom stereocenters. The fourth-order valence-corrected chi connectivity index (χ4v) is 2.63. The van der Waals surface area contributed by atoms with Gasteiger partial charge in [0.05, 0.1) is 22.9 Å². The minimum absolute atomic E-state index is 0.0174. The molecule has 7 heteroatoms. The van der Waals surface area contributed by atoms with Crippen molar-refractivity contribution >= 4 is 28.8 Å². The Morgan fingerprint density at radius 1 is 0.964 bits per heavy atom. The summed E-state index contributed by atoms with van der Waals surface area (Å²) >= 11 is 0. The molecule has 4 rings (SSSR count). The van der Waals surface area contributed by atoms with E-state index in [2.05, 4.69) is 25.5 Å². The van der Waals surface area contributed by atoms with E-state index in [1.165, 1.54) is 18.3 Å². The summed E-state index contributed by atoms with van der Waals surface area (Å²) in [5.74, 6) is 0.876. The maximum Gasteiger partial charge on any atom is 0.190 e. The number of rotatable bonds is 4. The second-order valence-corrected chi connectivity index (χ2v) is 6.01. The third-order valence-electron chi connectivity index (χ3n) is 4.00. The van der Waals surface area contributed by atoms with Crippen molar-refractivity contribution in [3.05, 3.63) is 84.2 Å². The number of hydrogen-bond donors (Lipinski definition) is 4. The average Bonchev–Trinajstić information content (AvgIpc) is 3.14. The lowest BCUT2D eigenvalue weighted by Crippen LogP contribution is -2.20. The molecule has 3 aromatic carbocycles. The fraction of sp³-hybridized carbons (Fsp3) is 0. The molecule has 0 saturated heterocycles. The first-order valence-electron chi connectivity index (χ1n) is 8.59. The molecule has 0 unspecified atom stereocenters. The molecule has 0 aliphatic carbocycles. The molecule has 0 aliphatic heterocycles. The van der Waals surface area contributed by atoms with E-state index in [-0.39, 0.29) is 11.5 Å². The molecule has 1 heterocycles. The largest absolute Gasteiger partial charge is 0.508 e. The molecule has 0 radical (unpaired) electrons. The molecule has 4 aromatic rings. The second-order valence-electron chi connectivity index (χ2n) is 6.01. The van der Waals surface area contributed by atoms with Gasteiger partial charge in [0.15, 0.2) is 11.7 Å². The first kappa shape index (κ1) is 17.3. The van der Waals surface area contributed by atoms with Crippen LogP contribution in [0.3, 0.4) is 0 Å². The van der Waals surface area contributed by atoms with Gasteiger partial charge in [-0.15, -0.1) is 0 Å². The maximum atomic E-state index is 9.88. The summed E-state index contributed by atoms with van der Waals surface area (Å²) in [6.45, 7) is 0. The minimum atomic E-state index is -0.0733. The monoisotopic (exact) mass is 371 g/mol. The van der Waals surface area contributed by atoms with Crippen molar-refractivity contribution in [2.45, 2.75) is 0 Å². The van der Waals surface area contributed by atoms with Crippen LogP contribution in [-0.4, -0.2) is 32.2 Å². The van der Waals surface area contributed by atoms with Gasteiger partial charge in [-0.1, -0.05) is 30.3 Å². The lowest BCUT2D eigenvalue weighted by atomic mass is 10.2. The van der Waals surface area contributed by atoms with Crippen LogP contribution in [-0.2, 0) is 0 Å². The lowest BCUT2D eigenvalue weighted by molar-refractivity contribution is 0.450. The summed E-state index contributed by atoms with van der Waals surface area (Å²) in [6, 6.07) is 21.4. The Morgan fingerprint density at radius 2 is 1.75 bits per heavy atom. The second kappa shape index (κ2) is 7.63. The Bertz CT molecular complexity index is 1130. The number of hydrazone groups is 1. The highest BCUT2D eigenvalue weighted by molar-refractivity contribution is 6.00. The topological polar surface area (TPSA) is 106 Å². The van der Waals surface area contributed by atoms with Gasteiger partial charge in [-0.05, 0) is 36.4 Å². The van der Waals surface area contributed by atoms with E-state index in [1.54, 1.807) is 6.07 Å². The maximum absolute atomic E-state index is 9.88. The third kappa shape index (κ3) is 3.83. The van der Waals surface area contributed by atoms with Crippen molar-refractivity contribution in [3.63, 3.8) is 0 Å². The van der Waals surface area contributed by atoms with Gasteiger partial charge in [0.2, 0.25) is 0 Å². The van der Waals surface area contributed by atoms with Crippen molar-refractivity contribution in [3.8, 4) is 11.5 Å². The van der Waals surface area contributed by atoms with E-state index in [1.807, 2.05) is 54.6 Å². The standard InChI is InChI=1S/C21H17N5O2/c27-16-11-10-14(19(28)12-16)13-22-26-21(23-15-6-2-1-3-7-15)20-24-17-8-4-5-9-18(17)25-20/h1-13,27-28H,(H,23,26)(H,24,25)/b22-13+. The van der Waals surface area contributed by atoms with Crippen LogP contribution >= 0.6 is 0 Å². The average molecular weight is 371 g/mol. The predicted octanol–water partition coefficient (Wildman–Crippen LogP) is 3.68. The Kier molecular flexibility index (Phi) is 4.71. The summed E-state index contributed by atoms with van der Waals surface area (Å²) in [7, 11) is 0. The van der Waals surface area contributed by atoms with Gasteiger partial charge in [0, 0.05) is 11.6 Å². The van der Waals surface area contributed by atoms with Gasteiger partial charge in [-0.3, -0.25) is 5.43 Å². The third-order valence-corrected chi connectivity index (χ3v) is 4.00. The minimum Gasteiger partial charge on any atom is -0.508 e. The smallest absolute Gasteiger partial charge is 0.190 e. The van der Waals surface area contributed by atoms with Gasteiger partial charge in [-0.25, -0.2) is 9.98 Å². The van der Waals surface area contributed by atoms with Gasteiger partial charge in [0.1, 0.15) is 11.5 Å². The van der Waals surface area contributed by atoms with E-state index < -0.39 is 0 Å². The molecule has 0 bridgehead atoms. The Hall–Kier alpha value is -4.13. The van der Waals surface area contributed by atoms with Crippen LogP contribution in [0.15, 0.2) is 82.9 Å². The van der Waals surface area contributed by atoms with Crippen LogP contribution < -0.4 is 5.43 Å². The molecule has 138 valence electrons. The zero-order valence-electron chi connectivity index (χ0n) is 14.7. The van der Waals surface area contributed by atoms with Crippen LogP contribution in [0.1, 0.15) is 11.4 Å². The number of aromatic nitrogens is 2. The highest BCUT2D eigenvalue weighted by Crippen LogP contribution is 2.21. The van der Waals surface area contributed by atoms with Crippen molar-refractivity contribution in [1.82, 2.24) is 15.4 Å². The molecule has 28 heavy (non-hydrogen) atoms. The summed E-state index contributed by atoms with van der Waals surface area (Å²) in [5, 5.41) is 23.4. The molecule has 0 spiro atoms. The number of fused-ring (bicyclic) bond motifs is 1. The molecule has 7 nitrogen and oxygen atoms in total. The zero-order valence-corrected chi connectivity index (χ0v) is 14.7. The number of hydrogen-bond acceptors (Lipinski definition) is 5. The number of amidine groups is 1. The van der Waals surface area contributed by atoms with Gasteiger partial charge >= 0.3 is 0 Å². The number of para-hydroxylation sites is 3. The van der Waals surface area contributed by atoms with Gasteiger partial charge in [-0.2, -0.15) is 5.10 Å².